The molecule has 4 heteroatoms. The highest BCUT2D eigenvalue weighted by atomic mass is 19.1. The summed E-state index contributed by atoms with van der Waals surface area (Å²) in [5.74, 6) is -0.0592. The Balaban J connectivity index is 2.26. The van der Waals surface area contributed by atoms with Crippen LogP contribution in [0.2, 0.25) is 0 Å². The molecule has 1 aromatic rings. The maximum Gasteiger partial charge on any atom is 0.123 e. The first kappa shape index (κ1) is 13.3. The van der Waals surface area contributed by atoms with Gasteiger partial charge < -0.3 is 15.1 Å². The highest BCUT2D eigenvalue weighted by Gasteiger charge is 2.22. The molecule has 0 aliphatic carbocycles. The molecule has 100 valence electrons. The zero-order valence-corrected chi connectivity index (χ0v) is 10.6. The molecule has 1 saturated heterocycles. The molecule has 1 aliphatic heterocycles. The maximum atomic E-state index is 13.2. The fourth-order valence-corrected chi connectivity index (χ4v) is 2.58. The van der Waals surface area contributed by atoms with E-state index in [1.54, 1.807) is 13.0 Å². The molecule has 1 aliphatic rings. The summed E-state index contributed by atoms with van der Waals surface area (Å²) >= 11 is 0. The van der Waals surface area contributed by atoms with Gasteiger partial charge in [-0.2, -0.15) is 0 Å². The standard InChI is InChI=1S/C14H20FNO2/c1-10(18)13-7-12(15)4-5-14(13)16-6-2-3-11(8-16)9-17/h4-5,7,10-11,17-18H,2-3,6,8-9H2,1H3. The normalized spacial score (nSPS) is 22.0. The van der Waals surface area contributed by atoms with Crippen molar-refractivity contribution in [3.8, 4) is 0 Å². The van der Waals surface area contributed by atoms with E-state index >= 15 is 0 Å². The number of piperidine rings is 1. The van der Waals surface area contributed by atoms with Crippen LogP contribution in [-0.2, 0) is 0 Å². The highest BCUT2D eigenvalue weighted by Crippen LogP contribution is 2.30. The lowest BCUT2D eigenvalue weighted by atomic mass is 9.97. The third-order valence-corrected chi connectivity index (χ3v) is 3.56. The molecule has 1 heterocycles. The predicted octanol–water partition coefficient (Wildman–Crippen LogP) is 2.09. The largest absolute Gasteiger partial charge is 0.396 e. The van der Waals surface area contributed by atoms with Crippen molar-refractivity contribution in [1.29, 1.82) is 0 Å². The monoisotopic (exact) mass is 253 g/mol. The zero-order valence-electron chi connectivity index (χ0n) is 10.6. The van der Waals surface area contributed by atoms with Crippen molar-refractivity contribution in [2.24, 2.45) is 5.92 Å². The van der Waals surface area contributed by atoms with E-state index in [4.69, 9.17) is 0 Å². The van der Waals surface area contributed by atoms with E-state index in [2.05, 4.69) is 4.90 Å². The number of aliphatic hydroxyl groups excluding tert-OH is 2. The van der Waals surface area contributed by atoms with Gasteiger partial charge in [0.05, 0.1) is 6.10 Å². The van der Waals surface area contributed by atoms with Gasteiger partial charge in [-0.25, -0.2) is 4.39 Å². The fourth-order valence-electron chi connectivity index (χ4n) is 2.58. The average Bonchev–Trinajstić information content (AvgIpc) is 2.38. The van der Waals surface area contributed by atoms with Crippen molar-refractivity contribution in [1.82, 2.24) is 0 Å². The maximum absolute atomic E-state index is 13.2. The first-order chi connectivity index (χ1) is 8.61. The summed E-state index contributed by atoms with van der Waals surface area (Å²) < 4.78 is 13.2. The summed E-state index contributed by atoms with van der Waals surface area (Å²) in [6, 6.07) is 4.53. The molecule has 2 rings (SSSR count). The van der Waals surface area contributed by atoms with Crippen LogP contribution in [0, 0.1) is 11.7 Å². The van der Waals surface area contributed by atoms with Crippen molar-refractivity contribution >= 4 is 5.69 Å². The molecule has 1 aromatic carbocycles. The van der Waals surface area contributed by atoms with Crippen molar-refractivity contribution in [3.63, 3.8) is 0 Å². The minimum absolute atomic E-state index is 0.182. The van der Waals surface area contributed by atoms with Gasteiger partial charge in [0.25, 0.3) is 0 Å². The van der Waals surface area contributed by atoms with Crippen LogP contribution in [0.1, 0.15) is 31.4 Å². The number of hydrogen-bond acceptors (Lipinski definition) is 3. The highest BCUT2D eigenvalue weighted by molar-refractivity contribution is 5.55. The van der Waals surface area contributed by atoms with Crippen LogP contribution < -0.4 is 4.90 Å². The predicted molar refractivity (Wildman–Crippen MR) is 69.1 cm³/mol. The Morgan fingerprint density at radius 2 is 2.28 bits per heavy atom. The number of halogens is 1. The summed E-state index contributed by atoms with van der Waals surface area (Å²) in [6.45, 7) is 3.48. The Hall–Kier alpha value is -1.13. The molecule has 0 bridgehead atoms. The van der Waals surface area contributed by atoms with Gasteiger partial charge in [0.1, 0.15) is 5.82 Å². The average molecular weight is 253 g/mol. The Morgan fingerprint density at radius 3 is 2.94 bits per heavy atom. The smallest absolute Gasteiger partial charge is 0.123 e. The summed E-state index contributed by atoms with van der Waals surface area (Å²) in [4.78, 5) is 2.13. The molecule has 18 heavy (non-hydrogen) atoms. The molecule has 0 spiro atoms. The van der Waals surface area contributed by atoms with E-state index < -0.39 is 6.10 Å². The molecule has 0 radical (unpaired) electrons. The minimum Gasteiger partial charge on any atom is -0.396 e. The minimum atomic E-state index is -0.690. The van der Waals surface area contributed by atoms with Crippen LogP contribution in [-0.4, -0.2) is 29.9 Å². The van der Waals surface area contributed by atoms with E-state index in [1.165, 1.54) is 12.1 Å². The van der Waals surface area contributed by atoms with Crippen molar-refractivity contribution in [2.45, 2.75) is 25.9 Å². The summed E-state index contributed by atoms with van der Waals surface area (Å²) in [7, 11) is 0. The number of aliphatic hydroxyl groups is 2. The molecule has 0 aromatic heterocycles. The van der Waals surface area contributed by atoms with E-state index in [0.717, 1.165) is 31.6 Å². The number of anilines is 1. The third-order valence-electron chi connectivity index (χ3n) is 3.56. The number of nitrogens with zero attached hydrogens (tertiary/aromatic N) is 1. The third kappa shape index (κ3) is 2.82. The van der Waals surface area contributed by atoms with Crippen LogP contribution in [0.5, 0.6) is 0 Å². The van der Waals surface area contributed by atoms with Gasteiger partial charge in [-0.3, -0.25) is 0 Å². The fraction of sp³-hybridized carbons (Fsp3) is 0.571. The first-order valence-electron chi connectivity index (χ1n) is 6.45. The van der Waals surface area contributed by atoms with Gasteiger partial charge in [-0.15, -0.1) is 0 Å². The molecule has 0 amide bonds. The molecule has 0 saturated carbocycles. The molecule has 2 N–H and O–H groups in total. The Labute approximate surface area is 107 Å². The van der Waals surface area contributed by atoms with Crippen LogP contribution >= 0.6 is 0 Å². The topological polar surface area (TPSA) is 43.7 Å². The van der Waals surface area contributed by atoms with Gasteiger partial charge in [-0.1, -0.05) is 0 Å². The SMILES string of the molecule is CC(O)c1cc(F)ccc1N1CCCC(CO)C1. The summed E-state index contributed by atoms with van der Waals surface area (Å²) in [5.41, 5.74) is 1.50. The number of benzene rings is 1. The Kier molecular flexibility index (Phi) is 4.19. The lowest BCUT2D eigenvalue weighted by Crippen LogP contribution is -2.37. The number of rotatable bonds is 3. The second-order valence-electron chi connectivity index (χ2n) is 5.02. The van der Waals surface area contributed by atoms with Gasteiger partial charge in [0.2, 0.25) is 0 Å². The van der Waals surface area contributed by atoms with Crippen molar-refractivity contribution in [3.05, 3.63) is 29.6 Å². The second kappa shape index (κ2) is 5.67. The van der Waals surface area contributed by atoms with Gasteiger partial charge in [-0.05, 0) is 43.9 Å². The van der Waals surface area contributed by atoms with Crippen molar-refractivity contribution in [2.75, 3.05) is 24.6 Å². The molecule has 2 unspecified atom stereocenters. The summed E-state index contributed by atoms with van der Waals surface area (Å²) in [6.07, 6.45) is 1.35. The van der Waals surface area contributed by atoms with Gasteiger partial charge in [0.15, 0.2) is 0 Å². The van der Waals surface area contributed by atoms with Gasteiger partial charge >= 0.3 is 0 Å². The van der Waals surface area contributed by atoms with E-state index in [1.807, 2.05) is 0 Å². The van der Waals surface area contributed by atoms with E-state index in [9.17, 15) is 14.6 Å². The summed E-state index contributed by atoms with van der Waals surface area (Å²) in [5, 5.41) is 19.0. The first-order valence-corrected chi connectivity index (χ1v) is 6.45. The second-order valence-corrected chi connectivity index (χ2v) is 5.02. The Bertz CT molecular complexity index is 409. The zero-order chi connectivity index (χ0) is 13.1. The quantitative estimate of drug-likeness (QED) is 0.867. The van der Waals surface area contributed by atoms with Crippen LogP contribution in [0.25, 0.3) is 0 Å². The van der Waals surface area contributed by atoms with Crippen LogP contribution in [0.4, 0.5) is 10.1 Å². The van der Waals surface area contributed by atoms with Crippen LogP contribution in [0.3, 0.4) is 0 Å². The molecular weight excluding hydrogens is 233 g/mol. The van der Waals surface area contributed by atoms with Gasteiger partial charge in [0, 0.05) is 30.9 Å². The lowest BCUT2D eigenvalue weighted by molar-refractivity contribution is 0.196. The molecule has 2 atom stereocenters. The van der Waals surface area contributed by atoms with E-state index in [0.29, 0.717) is 5.56 Å². The van der Waals surface area contributed by atoms with E-state index in [-0.39, 0.29) is 18.3 Å². The molecule has 3 nitrogen and oxygen atoms in total. The lowest BCUT2D eigenvalue weighted by Gasteiger charge is -2.35. The number of hydrogen-bond donors (Lipinski definition) is 2. The van der Waals surface area contributed by atoms with Crippen LogP contribution in [0.15, 0.2) is 18.2 Å². The molecular formula is C14H20FNO2. The Morgan fingerprint density at radius 1 is 1.50 bits per heavy atom. The molecule has 1 fully saturated rings. The van der Waals surface area contributed by atoms with Crippen molar-refractivity contribution < 1.29 is 14.6 Å².